The molecule has 6 heteroatoms. The molecule has 0 unspecified atom stereocenters. The van der Waals surface area contributed by atoms with E-state index < -0.39 is 0 Å². The van der Waals surface area contributed by atoms with Gasteiger partial charge in [-0.1, -0.05) is 17.0 Å². The number of hydrogen-bond donors (Lipinski definition) is 1. The third-order valence-electron chi connectivity index (χ3n) is 2.50. The highest BCUT2D eigenvalue weighted by Crippen LogP contribution is 2.29. The lowest BCUT2D eigenvalue weighted by Crippen LogP contribution is -2.37. The van der Waals surface area contributed by atoms with Crippen molar-refractivity contribution in [3.05, 3.63) is 11.9 Å². The average Bonchev–Trinajstić information content (AvgIpc) is 2.57. The summed E-state index contributed by atoms with van der Waals surface area (Å²) in [5.41, 5.74) is 6.56. The molecule has 0 atom stereocenters. The number of carbonyl (C=O) groups excluding carboxylic acids is 1. The maximum absolute atomic E-state index is 10.8. The van der Waals surface area contributed by atoms with E-state index in [4.69, 9.17) is 5.73 Å². The van der Waals surface area contributed by atoms with Crippen molar-refractivity contribution < 1.29 is 4.79 Å². The maximum Gasteiger partial charge on any atom is 0.186 e. The first-order valence-corrected chi connectivity index (χ1v) is 5.93. The van der Waals surface area contributed by atoms with E-state index in [1.54, 1.807) is 6.92 Å². The molecule has 0 bridgehead atoms. The van der Waals surface area contributed by atoms with E-state index in [1.807, 2.05) is 10.9 Å². The van der Waals surface area contributed by atoms with Crippen LogP contribution in [-0.4, -0.2) is 26.2 Å². The van der Waals surface area contributed by atoms with Crippen molar-refractivity contribution in [2.45, 2.75) is 37.6 Å². The zero-order chi connectivity index (χ0) is 10.8. The summed E-state index contributed by atoms with van der Waals surface area (Å²) in [5, 5.41) is 8.16. The smallest absolute Gasteiger partial charge is 0.186 e. The summed E-state index contributed by atoms with van der Waals surface area (Å²) in [6.45, 7) is 1.56. The summed E-state index contributed by atoms with van der Waals surface area (Å²) in [6.07, 6.45) is 3.86. The summed E-state index contributed by atoms with van der Waals surface area (Å²) in [5.74, 6) is 0.605. The Labute approximate surface area is 92.4 Å². The van der Waals surface area contributed by atoms with Crippen LogP contribution in [0.15, 0.2) is 6.20 Å². The second kappa shape index (κ2) is 4.32. The van der Waals surface area contributed by atoms with Gasteiger partial charge in [-0.15, -0.1) is 5.10 Å². The fourth-order valence-electron chi connectivity index (χ4n) is 1.58. The van der Waals surface area contributed by atoms with Crippen LogP contribution in [0.3, 0.4) is 0 Å². The fourth-order valence-corrected chi connectivity index (χ4v) is 2.06. The molecule has 0 saturated heterocycles. The Bertz CT molecular complexity index is 359. The van der Waals surface area contributed by atoms with Gasteiger partial charge in [0.1, 0.15) is 0 Å². The number of carbonyl (C=O) groups is 1. The van der Waals surface area contributed by atoms with Crippen molar-refractivity contribution >= 4 is 16.9 Å². The van der Waals surface area contributed by atoms with Gasteiger partial charge in [0, 0.05) is 24.9 Å². The minimum Gasteiger partial charge on any atom is -0.328 e. The lowest BCUT2D eigenvalue weighted by atomic mass is 9.88. The third kappa shape index (κ3) is 2.57. The monoisotopic (exact) mass is 226 g/mol. The van der Waals surface area contributed by atoms with Crippen LogP contribution in [0, 0.1) is 0 Å². The Hall–Kier alpha value is -0.880. The Morgan fingerprint density at radius 3 is 3.07 bits per heavy atom. The molecule has 1 aliphatic rings. The van der Waals surface area contributed by atoms with Gasteiger partial charge in [0.15, 0.2) is 5.12 Å². The van der Waals surface area contributed by atoms with Crippen LogP contribution in [0.1, 0.15) is 31.5 Å². The molecular formula is C9H14N4OS. The molecular weight excluding hydrogens is 212 g/mol. The zero-order valence-electron chi connectivity index (χ0n) is 8.59. The molecule has 0 amide bonds. The summed E-state index contributed by atoms with van der Waals surface area (Å²) < 4.78 is 1.86. The molecule has 0 radical (unpaired) electrons. The molecule has 2 rings (SSSR count). The van der Waals surface area contributed by atoms with E-state index in [-0.39, 0.29) is 5.12 Å². The number of thioether (sulfide) groups is 1. The molecule has 1 saturated carbocycles. The minimum atomic E-state index is 0.107. The van der Waals surface area contributed by atoms with Crippen LogP contribution in [-0.2, 0) is 10.5 Å². The van der Waals surface area contributed by atoms with Crippen molar-refractivity contribution in [3.63, 3.8) is 0 Å². The highest BCUT2D eigenvalue weighted by Gasteiger charge is 2.28. The van der Waals surface area contributed by atoms with Crippen LogP contribution in [0.5, 0.6) is 0 Å². The Balaban J connectivity index is 1.89. The SMILES string of the molecule is CC(=O)SCc1cn(C2CC(N)C2)nn1. The van der Waals surface area contributed by atoms with E-state index in [0.29, 0.717) is 17.8 Å². The van der Waals surface area contributed by atoms with E-state index in [1.165, 1.54) is 11.8 Å². The van der Waals surface area contributed by atoms with Gasteiger partial charge < -0.3 is 5.73 Å². The van der Waals surface area contributed by atoms with Crippen molar-refractivity contribution in [1.29, 1.82) is 0 Å². The molecule has 1 aromatic heterocycles. The molecule has 1 heterocycles. The van der Waals surface area contributed by atoms with Crippen LogP contribution >= 0.6 is 11.8 Å². The number of nitrogens with zero attached hydrogens (tertiary/aromatic N) is 3. The van der Waals surface area contributed by atoms with E-state index >= 15 is 0 Å². The number of aromatic nitrogens is 3. The molecule has 1 aromatic rings. The van der Waals surface area contributed by atoms with Crippen molar-refractivity contribution in [1.82, 2.24) is 15.0 Å². The highest BCUT2D eigenvalue weighted by molar-refractivity contribution is 8.12. The van der Waals surface area contributed by atoms with E-state index in [9.17, 15) is 4.79 Å². The van der Waals surface area contributed by atoms with Crippen LogP contribution in [0.25, 0.3) is 0 Å². The Kier molecular flexibility index (Phi) is 3.06. The van der Waals surface area contributed by atoms with Gasteiger partial charge in [0.2, 0.25) is 0 Å². The van der Waals surface area contributed by atoms with Gasteiger partial charge in [-0.25, -0.2) is 4.68 Å². The predicted octanol–water partition coefficient (Wildman–Crippen LogP) is 0.720. The second-order valence-corrected chi connectivity index (χ2v) is 5.01. The van der Waals surface area contributed by atoms with Gasteiger partial charge in [-0.3, -0.25) is 4.79 Å². The first-order valence-electron chi connectivity index (χ1n) is 4.95. The maximum atomic E-state index is 10.8. The van der Waals surface area contributed by atoms with Crippen LogP contribution in [0.4, 0.5) is 0 Å². The fraction of sp³-hybridized carbons (Fsp3) is 0.667. The van der Waals surface area contributed by atoms with Gasteiger partial charge >= 0.3 is 0 Å². The topological polar surface area (TPSA) is 73.8 Å². The lowest BCUT2D eigenvalue weighted by Gasteiger charge is -2.31. The van der Waals surface area contributed by atoms with Crippen LogP contribution < -0.4 is 5.73 Å². The number of rotatable bonds is 3. The first-order chi connectivity index (χ1) is 7.15. The number of nitrogens with two attached hydrogens (primary N) is 1. The van der Waals surface area contributed by atoms with Crippen molar-refractivity contribution in [3.8, 4) is 0 Å². The number of hydrogen-bond acceptors (Lipinski definition) is 5. The molecule has 1 aliphatic carbocycles. The second-order valence-electron chi connectivity index (χ2n) is 3.86. The molecule has 5 nitrogen and oxygen atoms in total. The Morgan fingerprint density at radius 2 is 2.47 bits per heavy atom. The Morgan fingerprint density at radius 1 is 1.73 bits per heavy atom. The molecule has 0 aliphatic heterocycles. The highest BCUT2D eigenvalue weighted by atomic mass is 32.2. The summed E-state index contributed by atoms with van der Waals surface area (Å²) in [4.78, 5) is 10.8. The quantitative estimate of drug-likeness (QED) is 0.822. The van der Waals surface area contributed by atoms with Crippen LogP contribution in [0.2, 0.25) is 0 Å². The molecule has 0 aromatic carbocycles. The first kappa shape index (κ1) is 10.6. The van der Waals surface area contributed by atoms with Gasteiger partial charge in [0.25, 0.3) is 0 Å². The summed E-state index contributed by atoms with van der Waals surface area (Å²) in [6, 6.07) is 0.720. The minimum absolute atomic E-state index is 0.107. The van der Waals surface area contributed by atoms with Crippen molar-refractivity contribution in [2.75, 3.05) is 0 Å². The lowest BCUT2D eigenvalue weighted by molar-refractivity contribution is -0.109. The normalized spacial score (nSPS) is 24.9. The van der Waals surface area contributed by atoms with Gasteiger partial charge in [0.05, 0.1) is 11.7 Å². The summed E-state index contributed by atoms with van der Waals surface area (Å²) in [7, 11) is 0. The molecule has 0 spiro atoms. The molecule has 15 heavy (non-hydrogen) atoms. The molecule has 2 N–H and O–H groups in total. The molecule has 1 fully saturated rings. The van der Waals surface area contributed by atoms with Crippen molar-refractivity contribution in [2.24, 2.45) is 5.73 Å². The van der Waals surface area contributed by atoms with Gasteiger partial charge in [-0.2, -0.15) is 0 Å². The summed E-state index contributed by atoms with van der Waals surface area (Å²) >= 11 is 1.26. The van der Waals surface area contributed by atoms with Gasteiger partial charge in [-0.05, 0) is 12.8 Å². The zero-order valence-corrected chi connectivity index (χ0v) is 9.41. The average molecular weight is 226 g/mol. The molecule has 82 valence electrons. The third-order valence-corrected chi connectivity index (χ3v) is 3.35. The predicted molar refractivity (Wildman–Crippen MR) is 58.2 cm³/mol. The van der Waals surface area contributed by atoms with E-state index in [0.717, 1.165) is 18.5 Å². The standard InChI is InChI=1S/C9H14N4OS/c1-6(14)15-5-8-4-13(12-11-8)9-2-7(10)3-9/h4,7,9H,2-3,5,10H2,1H3. The largest absolute Gasteiger partial charge is 0.328 e. The van der Waals surface area contributed by atoms with E-state index in [2.05, 4.69) is 10.3 Å².